The maximum absolute atomic E-state index is 11.0. The maximum Gasteiger partial charge on any atom is 0.126 e. The first-order chi connectivity index (χ1) is 6.22. The number of hydrogen-bond acceptors (Lipinski definition) is 2. The second-order valence-corrected chi connectivity index (χ2v) is 3.89. The molecule has 2 heteroatoms. The number of nitrogens with zero attached hydrogens (tertiary/aromatic N) is 1. The fourth-order valence-corrected chi connectivity index (χ4v) is 1.73. The Morgan fingerprint density at radius 3 is 3.00 bits per heavy atom. The molecule has 0 N–H and O–H groups in total. The van der Waals surface area contributed by atoms with Crippen LogP contribution >= 0.6 is 0 Å². The molecule has 0 aromatic carbocycles. The summed E-state index contributed by atoms with van der Waals surface area (Å²) in [6.07, 6.45) is 7.14. The Morgan fingerprint density at radius 1 is 1.77 bits per heavy atom. The van der Waals surface area contributed by atoms with Gasteiger partial charge in [-0.15, -0.1) is 0 Å². The molecule has 0 saturated heterocycles. The molecule has 0 aromatic rings. The molecule has 0 saturated carbocycles. The molecule has 1 rings (SSSR count). The van der Waals surface area contributed by atoms with E-state index < -0.39 is 0 Å². The van der Waals surface area contributed by atoms with Gasteiger partial charge in [-0.25, -0.2) is 0 Å². The van der Waals surface area contributed by atoms with Crippen molar-refractivity contribution in [2.75, 3.05) is 0 Å². The summed E-state index contributed by atoms with van der Waals surface area (Å²) in [5.74, 6) is 0. The van der Waals surface area contributed by atoms with Crippen molar-refractivity contribution in [3.63, 3.8) is 0 Å². The fourth-order valence-electron chi connectivity index (χ4n) is 1.73. The first-order valence-electron chi connectivity index (χ1n) is 4.71. The summed E-state index contributed by atoms with van der Waals surface area (Å²) >= 11 is 0. The van der Waals surface area contributed by atoms with E-state index in [9.17, 15) is 4.79 Å². The zero-order valence-electron chi connectivity index (χ0n) is 8.05. The SMILES string of the molecule is CC1=CCC(C=O)(CCC#N)CC1. The molecule has 70 valence electrons. The van der Waals surface area contributed by atoms with Gasteiger partial charge in [-0.1, -0.05) is 11.6 Å². The Hall–Kier alpha value is -1.10. The third-order valence-corrected chi connectivity index (χ3v) is 2.86. The number of hydrogen-bond donors (Lipinski definition) is 0. The van der Waals surface area contributed by atoms with E-state index in [1.807, 2.05) is 0 Å². The van der Waals surface area contributed by atoms with Crippen LogP contribution in [-0.4, -0.2) is 6.29 Å². The first-order valence-corrected chi connectivity index (χ1v) is 4.71. The molecule has 0 bridgehead atoms. The average molecular weight is 177 g/mol. The number of rotatable bonds is 3. The van der Waals surface area contributed by atoms with Crippen LogP contribution < -0.4 is 0 Å². The van der Waals surface area contributed by atoms with Crippen molar-refractivity contribution in [2.45, 2.75) is 39.0 Å². The minimum Gasteiger partial charge on any atom is -0.303 e. The second-order valence-electron chi connectivity index (χ2n) is 3.89. The van der Waals surface area contributed by atoms with Crippen molar-refractivity contribution < 1.29 is 4.79 Å². The average Bonchev–Trinajstić information content (AvgIpc) is 2.18. The number of aldehydes is 1. The molecule has 1 aliphatic carbocycles. The summed E-state index contributed by atoms with van der Waals surface area (Å²) in [5.41, 5.74) is 1.14. The predicted octanol–water partition coefficient (Wildman–Crippen LogP) is 2.61. The standard InChI is InChI=1S/C11H15NO/c1-10-3-6-11(9-13,7-4-10)5-2-8-12/h3,9H,2,4-7H2,1H3. The van der Waals surface area contributed by atoms with Crippen LogP contribution in [-0.2, 0) is 4.79 Å². The first kappa shape index (κ1) is 9.98. The van der Waals surface area contributed by atoms with Crippen molar-refractivity contribution in [1.29, 1.82) is 5.26 Å². The van der Waals surface area contributed by atoms with Gasteiger partial charge in [0.05, 0.1) is 6.07 Å². The van der Waals surface area contributed by atoms with Gasteiger partial charge in [-0.2, -0.15) is 5.26 Å². The molecule has 0 aromatic heterocycles. The summed E-state index contributed by atoms with van der Waals surface area (Å²) in [7, 11) is 0. The molecule has 0 amide bonds. The van der Waals surface area contributed by atoms with Gasteiger partial charge < -0.3 is 4.79 Å². The quantitative estimate of drug-likeness (QED) is 0.491. The smallest absolute Gasteiger partial charge is 0.126 e. The topological polar surface area (TPSA) is 40.9 Å². The summed E-state index contributed by atoms with van der Waals surface area (Å²) in [6.45, 7) is 2.10. The number of carbonyl (C=O) groups excluding carboxylic acids is 1. The van der Waals surface area contributed by atoms with E-state index in [0.717, 1.165) is 32.0 Å². The van der Waals surface area contributed by atoms with Crippen molar-refractivity contribution >= 4 is 6.29 Å². The Morgan fingerprint density at radius 2 is 2.54 bits per heavy atom. The molecule has 0 spiro atoms. The Kier molecular flexibility index (Phi) is 3.25. The van der Waals surface area contributed by atoms with Gasteiger partial charge in [-0.05, 0) is 32.6 Å². The molecule has 0 aliphatic heterocycles. The summed E-state index contributed by atoms with van der Waals surface area (Å²) in [5, 5.41) is 8.48. The Bertz CT molecular complexity index is 262. The highest BCUT2D eigenvalue weighted by molar-refractivity contribution is 5.60. The summed E-state index contributed by atoms with van der Waals surface area (Å²) in [6, 6.07) is 2.11. The third-order valence-electron chi connectivity index (χ3n) is 2.86. The van der Waals surface area contributed by atoms with Crippen molar-refractivity contribution in [3.8, 4) is 6.07 Å². The van der Waals surface area contributed by atoms with Gasteiger partial charge >= 0.3 is 0 Å². The Balaban J connectivity index is 2.62. The number of allylic oxidation sites excluding steroid dienone is 2. The fraction of sp³-hybridized carbons (Fsp3) is 0.636. The van der Waals surface area contributed by atoms with E-state index in [4.69, 9.17) is 5.26 Å². The molecule has 0 fully saturated rings. The van der Waals surface area contributed by atoms with Gasteiger partial charge in [0.25, 0.3) is 0 Å². The molecule has 13 heavy (non-hydrogen) atoms. The van der Waals surface area contributed by atoms with E-state index in [0.29, 0.717) is 6.42 Å². The van der Waals surface area contributed by atoms with Crippen LogP contribution in [0, 0.1) is 16.7 Å². The normalized spacial score (nSPS) is 27.5. The van der Waals surface area contributed by atoms with Crippen molar-refractivity contribution in [2.24, 2.45) is 5.41 Å². The van der Waals surface area contributed by atoms with Crippen LogP contribution in [0.25, 0.3) is 0 Å². The van der Waals surface area contributed by atoms with Crippen LogP contribution in [0.3, 0.4) is 0 Å². The second kappa shape index (κ2) is 4.23. The molecular weight excluding hydrogens is 162 g/mol. The van der Waals surface area contributed by atoms with Gasteiger partial charge in [0.2, 0.25) is 0 Å². The van der Waals surface area contributed by atoms with Crippen LogP contribution in [0.5, 0.6) is 0 Å². The van der Waals surface area contributed by atoms with Crippen LogP contribution in [0.15, 0.2) is 11.6 Å². The van der Waals surface area contributed by atoms with Crippen molar-refractivity contribution in [1.82, 2.24) is 0 Å². The zero-order valence-corrected chi connectivity index (χ0v) is 8.05. The van der Waals surface area contributed by atoms with E-state index in [2.05, 4.69) is 19.1 Å². The third kappa shape index (κ3) is 2.42. The number of nitriles is 1. The lowest BCUT2D eigenvalue weighted by Crippen LogP contribution is -2.24. The van der Waals surface area contributed by atoms with E-state index in [1.54, 1.807) is 0 Å². The van der Waals surface area contributed by atoms with E-state index in [1.165, 1.54) is 5.57 Å². The lowest BCUT2D eigenvalue weighted by molar-refractivity contribution is -0.117. The lowest BCUT2D eigenvalue weighted by atomic mass is 9.73. The minimum atomic E-state index is -0.227. The summed E-state index contributed by atoms with van der Waals surface area (Å²) in [4.78, 5) is 11.0. The summed E-state index contributed by atoms with van der Waals surface area (Å²) < 4.78 is 0. The molecule has 0 heterocycles. The molecule has 1 unspecified atom stereocenters. The van der Waals surface area contributed by atoms with Crippen LogP contribution in [0.4, 0.5) is 0 Å². The van der Waals surface area contributed by atoms with Gasteiger partial charge in [-0.3, -0.25) is 0 Å². The lowest BCUT2D eigenvalue weighted by Gasteiger charge is -2.29. The maximum atomic E-state index is 11.0. The van der Waals surface area contributed by atoms with Crippen LogP contribution in [0.2, 0.25) is 0 Å². The van der Waals surface area contributed by atoms with E-state index in [-0.39, 0.29) is 5.41 Å². The number of carbonyl (C=O) groups is 1. The largest absolute Gasteiger partial charge is 0.303 e. The molecule has 1 aliphatic rings. The van der Waals surface area contributed by atoms with Crippen molar-refractivity contribution in [3.05, 3.63) is 11.6 Å². The minimum absolute atomic E-state index is 0.227. The van der Waals surface area contributed by atoms with E-state index >= 15 is 0 Å². The molecule has 1 atom stereocenters. The predicted molar refractivity (Wildman–Crippen MR) is 51.0 cm³/mol. The molecule has 2 nitrogen and oxygen atoms in total. The van der Waals surface area contributed by atoms with Crippen LogP contribution in [0.1, 0.15) is 39.0 Å². The van der Waals surface area contributed by atoms with Gasteiger partial charge in [0, 0.05) is 11.8 Å². The highest BCUT2D eigenvalue weighted by Crippen LogP contribution is 2.37. The molecular formula is C11H15NO. The monoisotopic (exact) mass is 177 g/mol. The Labute approximate surface area is 79.2 Å². The molecule has 0 radical (unpaired) electrons. The van der Waals surface area contributed by atoms with Gasteiger partial charge in [0.15, 0.2) is 0 Å². The van der Waals surface area contributed by atoms with Gasteiger partial charge in [0.1, 0.15) is 6.29 Å². The highest BCUT2D eigenvalue weighted by Gasteiger charge is 2.30. The zero-order chi connectivity index (χ0) is 9.73. The highest BCUT2D eigenvalue weighted by atomic mass is 16.1.